The van der Waals surface area contributed by atoms with Crippen molar-refractivity contribution in [3.63, 3.8) is 0 Å². The number of rotatable bonds is 13. The van der Waals surface area contributed by atoms with Crippen molar-refractivity contribution in [1.29, 1.82) is 0 Å². The van der Waals surface area contributed by atoms with Crippen LogP contribution in [0.5, 0.6) is 11.5 Å². The molecule has 0 saturated heterocycles. The smallest absolute Gasteiger partial charge is 0.395 e. The number of aryl methyl sites for hydroxylation is 2. The summed E-state index contributed by atoms with van der Waals surface area (Å²) in [6.45, 7) is 6.63. The van der Waals surface area contributed by atoms with E-state index in [4.69, 9.17) is 13.6 Å². The number of phosphoric ester groups is 1. The largest absolute Gasteiger partial charge is 0.587 e. The van der Waals surface area contributed by atoms with Crippen molar-refractivity contribution in [2.24, 2.45) is 0 Å². The van der Waals surface area contributed by atoms with Crippen LogP contribution < -0.4 is 9.05 Å². The molecule has 0 radical (unpaired) electrons. The van der Waals surface area contributed by atoms with E-state index >= 15 is 0 Å². The number of hydrogen-bond donors (Lipinski definition) is 0. The molecule has 0 aromatic heterocycles. The number of phosphoric acid groups is 1. The standard InChI is InChI=1S/C23H33O4P/c1-4-6-7-8-9-10-19-25-28(24,26-22-15-11-20(3)12-16-22)27-23-17-13-21(5-2)14-18-23/h11-18H,4-10,19H2,1-3H3. The third kappa shape index (κ3) is 8.08. The van der Waals surface area contributed by atoms with Crippen LogP contribution in [0, 0.1) is 6.92 Å². The molecule has 0 spiro atoms. The molecule has 2 aromatic rings. The van der Waals surface area contributed by atoms with Gasteiger partial charge in [-0.3, -0.25) is 4.52 Å². The Morgan fingerprint density at radius 2 is 1.29 bits per heavy atom. The highest BCUT2D eigenvalue weighted by molar-refractivity contribution is 7.49. The lowest BCUT2D eigenvalue weighted by Crippen LogP contribution is -2.06. The summed E-state index contributed by atoms with van der Waals surface area (Å²) in [6.07, 6.45) is 7.70. The minimum atomic E-state index is -3.76. The van der Waals surface area contributed by atoms with E-state index in [-0.39, 0.29) is 0 Å². The zero-order chi connectivity index (χ0) is 20.2. The molecule has 28 heavy (non-hydrogen) atoms. The molecule has 2 aromatic carbocycles. The summed E-state index contributed by atoms with van der Waals surface area (Å²) in [6, 6.07) is 14.9. The van der Waals surface area contributed by atoms with Gasteiger partial charge in [0.25, 0.3) is 0 Å². The molecule has 0 saturated carbocycles. The molecule has 0 fully saturated rings. The van der Waals surface area contributed by atoms with Crippen LogP contribution in [0.1, 0.15) is 63.5 Å². The summed E-state index contributed by atoms with van der Waals surface area (Å²) in [7, 11) is -3.76. The third-order valence-electron chi connectivity index (χ3n) is 4.53. The van der Waals surface area contributed by atoms with Crippen LogP contribution in [0.25, 0.3) is 0 Å². The van der Waals surface area contributed by atoms with Crippen molar-refractivity contribution in [2.45, 2.75) is 65.7 Å². The van der Waals surface area contributed by atoms with Crippen molar-refractivity contribution in [3.05, 3.63) is 59.7 Å². The Bertz CT molecular complexity index is 725. The van der Waals surface area contributed by atoms with Crippen LogP contribution in [-0.2, 0) is 15.5 Å². The van der Waals surface area contributed by atoms with Gasteiger partial charge in [-0.05, 0) is 49.6 Å². The van der Waals surface area contributed by atoms with Crippen LogP contribution in [0.4, 0.5) is 0 Å². The van der Waals surface area contributed by atoms with Gasteiger partial charge in [-0.2, -0.15) is 0 Å². The van der Waals surface area contributed by atoms with Gasteiger partial charge in [-0.15, -0.1) is 0 Å². The van der Waals surface area contributed by atoms with Crippen LogP contribution in [0.3, 0.4) is 0 Å². The average molecular weight is 404 g/mol. The SMILES string of the molecule is CCCCCCCCOP(=O)(Oc1ccc(C)cc1)Oc1ccc(CC)cc1. The summed E-state index contributed by atoms with van der Waals surface area (Å²) in [5.41, 5.74) is 2.29. The van der Waals surface area contributed by atoms with E-state index < -0.39 is 7.82 Å². The molecule has 0 aliphatic heterocycles. The summed E-state index contributed by atoms with van der Waals surface area (Å²) in [5.74, 6) is 0.956. The Morgan fingerprint density at radius 3 is 1.86 bits per heavy atom. The topological polar surface area (TPSA) is 44.8 Å². The quantitative estimate of drug-likeness (QED) is 0.256. The van der Waals surface area contributed by atoms with Gasteiger partial charge in [0.2, 0.25) is 0 Å². The molecule has 0 aliphatic rings. The maximum atomic E-state index is 13.3. The first-order valence-electron chi connectivity index (χ1n) is 10.3. The van der Waals surface area contributed by atoms with E-state index in [2.05, 4.69) is 13.8 Å². The molecule has 1 unspecified atom stereocenters. The average Bonchev–Trinajstić information content (AvgIpc) is 2.70. The Hall–Kier alpha value is -1.77. The second kappa shape index (κ2) is 11.9. The molecule has 4 nitrogen and oxygen atoms in total. The van der Waals surface area contributed by atoms with Crippen LogP contribution in [0.15, 0.2) is 48.5 Å². The minimum Gasteiger partial charge on any atom is -0.395 e. The second-order valence-electron chi connectivity index (χ2n) is 7.04. The maximum absolute atomic E-state index is 13.3. The summed E-state index contributed by atoms with van der Waals surface area (Å²) < 4.78 is 30.3. The normalized spacial score (nSPS) is 13.1. The predicted octanol–water partition coefficient (Wildman–Crippen LogP) is 7.50. The van der Waals surface area contributed by atoms with E-state index in [0.717, 1.165) is 24.8 Å². The molecule has 0 heterocycles. The van der Waals surface area contributed by atoms with Gasteiger partial charge in [0, 0.05) is 0 Å². The van der Waals surface area contributed by atoms with Gasteiger partial charge < -0.3 is 9.05 Å². The fraction of sp³-hybridized carbons (Fsp3) is 0.478. The van der Waals surface area contributed by atoms with Gasteiger partial charge in [0.15, 0.2) is 0 Å². The first kappa shape index (κ1) is 22.5. The molecular formula is C23H33O4P. The van der Waals surface area contributed by atoms with E-state index in [1.165, 1.54) is 31.2 Å². The van der Waals surface area contributed by atoms with E-state index in [1.807, 2.05) is 31.2 Å². The van der Waals surface area contributed by atoms with Gasteiger partial charge >= 0.3 is 7.82 Å². The van der Waals surface area contributed by atoms with Crippen LogP contribution >= 0.6 is 7.82 Å². The van der Waals surface area contributed by atoms with Gasteiger partial charge in [0.05, 0.1) is 6.61 Å². The predicted molar refractivity (Wildman–Crippen MR) is 115 cm³/mol. The molecule has 154 valence electrons. The molecule has 0 amide bonds. The minimum absolute atomic E-state index is 0.350. The highest BCUT2D eigenvalue weighted by atomic mass is 31.2. The highest BCUT2D eigenvalue weighted by Gasteiger charge is 2.30. The van der Waals surface area contributed by atoms with Crippen molar-refractivity contribution < 1.29 is 18.1 Å². The molecule has 5 heteroatoms. The van der Waals surface area contributed by atoms with E-state index in [1.54, 1.807) is 24.3 Å². The first-order chi connectivity index (χ1) is 13.5. The van der Waals surface area contributed by atoms with Crippen molar-refractivity contribution >= 4 is 7.82 Å². The highest BCUT2D eigenvalue weighted by Crippen LogP contribution is 2.49. The van der Waals surface area contributed by atoms with Crippen molar-refractivity contribution in [2.75, 3.05) is 6.61 Å². The summed E-state index contributed by atoms with van der Waals surface area (Å²) in [4.78, 5) is 0. The van der Waals surface area contributed by atoms with E-state index in [0.29, 0.717) is 18.1 Å². The van der Waals surface area contributed by atoms with Crippen LogP contribution in [-0.4, -0.2) is 6.61 Å². The number of unbranched alkanes of at least 4 members (excludes halogenated alkanes) is 5. The van der Waals surface area contributed by atoms with Gasteiger partial charge in [-0.25, -0.2) is 4.57 Å². The monoisotopic (exact) mass is 404 g/mol. The zero-order valence-corrected chi connectivity index (χ0v) is 18.3. The lowest BCUT2D eigenvalue weighted by molar-refractivity contribution is 0.205. The molecule has 1 atom stereocenters. The molecule has 0 N–H and O–H groups in total. The van der Waals surface area contributed by atoms with Crippen molar-refractivity contribution in [3.8, 4) is 11.5 Å². The lowest BCUT2D eigenvalue weighted by Gasteiger charge is -2.19. The Labute approximate surface area is 169 Å². The first-order valence-corrected chi connectivity index (χ1v) is 11.8. The van der Waals surface area contributed by atoms with Gasteiger partial charge in [0.1, 0.15) is 11.5 Å². The van der Waals surface area contributed by atoms with E-state index in [9.17, 15) is 4.57 Å². The Kier molecular flexibility index (Phi) is 9.60. The number of hydrogen-bond acceptors (Lipinski definition) is 4. The Balaban J connectivity index is 1.99. The summed E-state index contributed by atoms with van der Waals surface area (Å²) >= 11 is 0. The molecule has 0 aliphatic carbocycles. The third-order valence-corrected chi connectivity index (χ3v) is 5.90. The molecule has 2 rings (SSSR count). The fourth-order valence-electron chi connectivity index (χ4n) is 2.77. The second-order valence-corrected chi connectivity index (χ2v) is 8.56. The van der Waals surface area contributed by atoms with Gasteiger partial charge in [-0.1, -0.05) is 75.8 Å². The number of benzene rings is 2. The molecular weight excluding hydrogens is 371 g/mol. The zero-order valence-electron chi connectivity index (χ0n) is 17.4. The maximum Gasteiger partial charge on any atom is 0.587 e. The lowest BCUT2D eigenvalue weighted by atomic mass is 10.1. The fourth-order valence-corrected chi connectivity index (χ4v) is 4.03. The molecule has 0 bridgehead atoms. The van der Waals surface area contributed by atoms with Crippen molar-refractivity contribution in [1.82, 2.24) is 0 Å². The Morgan fingerprint density at radius 1 is 0.750 bits per heavy atom. The summed E-state index contributed by atoms with van der Waals surface area (Å²) in [5, 5.41) is 0. The van der Waals surface area contributed by atoms with Crippen LogP contribution in [0.2, 0.25) is 0 Å².